The van der Waals surface area contributed by atoms with E-state index in [-0.39, 0.29) is 0 Å². The molecule has 1 saturated heterocycles. The second-order valence-corrected chi connectivity index (χ2v) is 4.47. The normalized spacial score (nSPS) is 20.4. The molecule has 1 unspecified atom stereocenters. The van der Waals surface area contributed by atoms with Crippen LogP contribution in [0.25, 0.3) is 10.9 Å². The van der Waals surface area contributed by atoms with E-state index < -0.39 is 0 Å². The van der Waals surface area contributed by atoms with Crippen LogP contribution in [0.5, 0.6) is 0 Å². The molecule has 0 amide bonds. The van der Waals surface area contributed by atoms with Gasteiger partial charge in [-0.3, -0.25) is 4.98 Å². The van der Waals surface area contributed by atoms with Crippen LogP contribution in [-0.2, 0) is 4.74 Å². The summed E-state index contributed by atoms with van der Waals surface area (Å²) in [6.07, 6.45) is 4.16. The van der Waals surface area contributed by atoms with E-state index >= 15 is 0 Å². The maximum atomic E-state index is 5.47. The first kappa shape index (κ1) is 10.5. The van der Waals surface area contributed by atoms with Crippen LogP contribution >= 0.6 is 0 Å². The van der Waals surface area contributed by atoms with Crippen molar-refractivity contribution in [3.8, 4) is 0 Å². The van der Waals surface area contributed by atoms with Crippen LogP contribution in [0.15, 0.2) is 36.5 Å². The third-order valence-electron chi connectivity index (χ3n) is 3.13. The minimum absolute atomic E-state index is 0.442. The molecule has 1 aliphatic rings. The van der Waals surface area contributed by atoms with Crippen LogP contribution in [0.3, 0.4) is 0 Å². The summed E-state index contributed by atoms with van der Waals surface area (Å²) >= 11 is 0. The van der Waals surface area contributed by atoms with Crippen molar-refractivity contribution in [2.45, 2.75) is 18.9 Å². The number of ether oxygens (including phenoxy) is 1. The van der Waals surface area contributed by atoms with Gasteiger partial charge in [0.2, 0.25) is 0 Å². The van der Waals surface area contributed by atoms with Crippen LogP contribution in [0, 0.1) is 0 Å². The van der Waals surface area contributed by atoms with Gasteiger partial charge in [0.1, 0.15) is 0 Å². The molecule has 3 heteroatoms. The highest BCUT2D eigenvalue weighted by Gasteiger charge is 2.13. The Balaban J connectivity index is 1.80. The zero-order valence-corrected chi connectivity index (χ0v) is 9.73. The minimum Gasteiger partial charge on any atom is -0.380 e. The minimum atomic E-state index is 0.442. The number of nitrogens with one attached hydrogen (secondary N) is 1. The molecule has 1 aromatic carbocycles. The van der Waals surface area contributed by atoms with E-state index in [0.717, 1.165) is 30.8 Å². The van der Waals surface area contributed by atoms with Gasteiger partial charge >= 0.3 is 0 Å². The van der Waals surface area contributed by atoms with Crippen molar-refractivity contribution in [1.82, 2.24) is 4.98 Å². The third kappa shape index (κ3) is 2.39. The highest BCUT2D eigenvalue weighted by atomic mass is 16.5. The molecule has 17 heavy (non-hydrogen) atoms. The Morgan fingerprint density at radius 2 is 2.29 bits per heavy atom. The first-order valence-corrected chi connectivity index (χ1v) is 6.11. The Morgan fingerprint density at radius 3 is 3.18 bits per heavy atom. The molecule has 1 aliphatic heterocycles. The van der Waals surface area contributed by atoms with E-state index in [2.05, 4.69) is 34.6 Å². The molecule has 3 rings (SSSR count). The summed E-state index contributed by atoms with van der Waals surface area (Å²) < 4.78 is 5.47. The molecule has 3 nitrogen and oxygen atoms in total. The maximum Gasteiger partial charge on any atom is 0.0703 e. The fraction of sp³-hybridized carbons (Fsp3) is 0.357. The molecule has 1 fully saturated rings. The number of benzene rings is 1. The molecule has 1 atom stereocenters. The zero-order valence-electron chi connectivity index (χ0n) is 9.73. The first-order valence-electron chi connectivity index (χ1n) is 6.11. The molecule has 2 heterocycles. The SMILES string of the molecule is c1cnc2ccc(NC3CCCOC3)cc2c1. The topological polar surface area (TPSA) is 34.2 Å². The number of fused-ring (bicyclic) bond motifs is 1. The van der Waals surface area contributed by atoms with E-state index in [9.17, 15) is 0 Å². The summed E-state index contributed by atoms with van der Waals surface area (Å²) in [4.78, 5) is 4.32. The molecular weight excluding hydrogens is 212 g/mol. The third-order valence-corrected chi connectivity index (χ3v) is 3.13. The first-order chi connectivity index (χ1) is 8.42. The summed E-state index contributed by atoms with van der Waals surface area (Å²) in [5, 5.41) is 4.70. The zero-order chi connectivity index (χ0) is 11.5. The van der Waals surface area contributed by atoms with Crippen LogP contribution in [-0.4, -0.2) is 24.2 Å². The van der Waals surface area contributed by atoms with Crippen LogP contribution < -0.4 is 5.32 Å². The molecule has 1 N–H and O–H groups in total. The van der Waals surface area contributed by atoms with Crippen LogP contribution in [0.4, 0.5) is 5.69 Å². The summed E-state index contributed by atoms with van der Waals surface area (Å²) in [5.41, 5.74) is 2.19. The number of hydrogen-bond donors (Lipinski definition) is 1. The van der Waals surface area contributed by atoms with Gasteiger partial charge in [-0.2, -0.15) is 0 Å². The second-order valence-electron chi connectivity index (χ2n) is 4.47. The lowest BCUT2D eigenvalue weighted by atomic mass is 10.1. The van der Waals surface area contributed by atoms with Gasteiger partial charge in [0.15, 0.2) is 0 Å². The number of hydrogen-bond acceptors (Lipinski definition) is 3. The van der Waals surface area contributed by atoms with E-state index in [0.29, 0.717) is 6.04 Å². The molecule has 1 aromatic heterocycles. The Morgan fingerprint density at radius 1 is 1.29 bits per heavy atom. The van der Waals surface area contributed by atoms with Crippen molar-refractivity contribution in [1.29, 1.82) is 0 Å². The Hall–Kier alpha value is -1.61. The van der Waals surface area contributed by atoms with Gasteiger partial charge in [-0.05, 0) is 37.1 Å². The maximum absolute atomic E-state index is 5.47. The predicted molar refractivity (Wildman–Crippen MR) is 69.2 cm³/mol. The van der Waals surface area contributed by atoms with E-state index in [4.69, 9.17) is 4.74 Å². The van der Waals surface area contributed by atoms with Gasteiger partial charge in [0.25, 0.3) is 0 Å². The lowest BCUT2D eigenvalue weighted by Crippen LogP contribution is -2.29. The molecule has 0 bridgehead atoms. The quantitative estimate of drug-likeness (QED) is 0.858. The number of pyridine rings is 1. The highest BCUT2D eigenvalue weighted by molar-refractivity contribution is 5.82. The van der Waals surface area contributed by atoms with Gasteiger partial charge in [0, 0.05) is 29.9 Å². The molecule has 0 radical (unpaired) electrons. The molecule has 0 spiro atoms. The largest absolute Gasteiger partial charge is 0.380 e. The van der Waals surface area contributed by atoms with E-state index in [1.807, 2.05) is 12.3 Å². The second kappa shape index (κ2) is 4.72. The smallest absolute Gasteiger partial charge is 0.0703 e. The summed E-state index contributed by atoms with van der Waals surface area (Å²) in [7, 11) is 0. The van der Waals surface area contributed by atoms with Crippen molar-refractivity contribution < 1.29 is 4.74 Å². The van der Waals surface area contributed by atoms with Crippen molar-refractivity contribution >= 4 is 16.6 Å². The fourth-order valence-corrected chi connectivity index (χ4v) is 2.26. The average Bonchev–Trinajstić information content (AvgIpc) is 2.40. The number of aromatic nitrogens is 1. The highest BCUT2D eigenvalue weighted by Crippen LogP contribution is 2.19. The van der Waals surface area contributed by atoms with Gasteiger partial charge in [-0.1, -0.05) is 6.07 Å². The van der Waals surface area contributed by atoms with Crippen molar-refractivity contribution in [3.63, 3.8) is 0 Å². The Bertz CT molecular complexity index is 506. The summed E-state index contributed by atoms with van der Waals surface area (Å²) in [5.74, 6) is 0. The molecule has 88 valence electrons. The van der Waals surface area contributed by atoms with Gasteiger partial charge in [0.05, 0.1) is 12.1 Å². The molecule has 0 saturated carbocycles. The lowest BCUT2D eigenvalue weighted by Gasteiger charge is -2.24. The summed E-state index contributed by atoms with van der Waals surface area (Å²) in [6, 6.07) is 10.8. The molecular formula is C14H16N2O. The number of rotatable bonds is 2. The van der Waals surface area contributed by atoms with E-state index in [1.54, 1.807) is 0 Å². The van der Waals surface area contributed by atoms with Crippen LogP contribution in [0.2, 0.25) is 0 Å². The van der Waals surface area contributed by atoms with Crippen molar-refractivity contribution in [2.24, 2.45) is 0 Å². The molecule has 2 aromatic rings. The predicted octanol–water partition coefficient (Wildman–Crippen LogP) is 2.83. The van der Waals surface area contributed by atoms with Gasteiger partial charge in [-0.25, -0.2) is 0 Å². The standard InChI is InChI=1S/C14H16N2O/c1-3-11-9-12(5-6-14(11)15-7-1)16-13-4-2-8-17-10-13/h1,3,5-7,9,13,16H,2,4,8,10H2. The van der Waals surface area contributed by atoms with Crippen molar-refractivity contribution in [3.05, 3.63) is 36.5 Å². The van der Waals surface area contributed by atoms with Crippen LogP contribution in [0.1, 0.15) is 12.8 Å². The number of anilines is 1. The Kier molecular flexibility index (Phi) is 2.92. The number of nitrogens with zero attached hydrogens (tertiary/aromatic N) is 1. The average molecular weight is 228 g/mol. The fourth-order valence-electron chi connectivity index (χ4n) is 2.26. The monoisotopic (exact) mass is 228 g/mol. The lowest BCUT2D eigenvalue weighted by molar-refractivity contribution is 0.0876. The van der Waals surface area contributed by atoms with Gasteiger partial charge < -0.3 is 10.1 Å². The van der Waals surface area contributed by atoms with Gasteiger partial charge in [-0.15, -0.1) is 0 Å². The molecule has 0 aliphatic carbocycles. The van der Waals surface area contributed by atoms with E-state index in [1.165, 1.54) is 11.8 Å². The Labute approximate surface area is 101 Å². The summed E-state index contributed by atoms with van der Waals surface area (Å²) in [6.45, 7) is 1.71. The van der Waals surface area contributed by atoms with Crippen molar-refractivity contribution in [2.75, 3.05) is 18.5 Å².